The lowest BCUT2D eigenvalue weighted by molar-refractivity contribution is 0.0636. The molecule has 5 heterocycles. The van der Waals surface area contributed by atoms with Crippen molar-refractivity contribution in [3.8, 4) is 39.6 Å². The van der Waals surface area contributed by atoms with E-state index in [2.05, 4.69) is 41.9 Å². The molecule has 2 aliphatic heterocycles. The van der Waals surface area contributed by atoms with Gasteiger partial charge in [0.05, 0.1) is 31.1 Å². The number of thiophene rings is 1. The third-order valence-corrected chi connectivity index (χ3v) is 7.89. The first kappa shape index (κ1) is 24.9. The minimum Gasteiger partial charge on any atom is -0.496 e. The van der Waals surface area contributed by atoms with E-state index in [1.165, 1.54) is 0 Å². The summed E-state index contributed by atoms with van der Waals surface area (Å²) < 4.78 is 21.6. The molecule has 38 heavy (non-hydrogen) atoms. The van der Waals surface area contributed by atoms with Crippen molar-refractivity contribution < 1.29 is 19.0 Å². The second-order valence-electron chi connectivity index (χ2n) is 10.8. The summed E-state index contributed by atoms with van der Waals surface area (Å²) in [7, 11) is 9.86. The number of ether oxygens (including phenoxy) is 3. The number of carbonyl (C=O) groups is 1. The van der Waals surface area contributed by atoms with Crippen LogP contribution in [0.25, 0.3) is 28.1 Å². The summed E-state index contributed by atoms with van der Waals surface area (Å²) in [6.07, 6.45) is 4.89. The number of aryl methyl sites for hydroxylation is 1. The average molecular weight is 526 g/mol. The molecule has 2 aliphatic rings. The van der Waals surface area contributed by atoms with Crippen LogP contribution < -0.4 is 9.47 Å². The van der Waals surface area contributed by atoms with Crippen LogP contribution in [0.3, 0.4) is 0 Å². The van der Waals surface area contributed by atoms with E-state index in [1.807, 2.05) is 50.3 Å². The van der Waals surface area contributed by atoms with Crippen LogP contribution in [0.15, 0.2) is 47.4 Å². The van der Waals surface area contributed by atoms with Gasteiger partial charge in [-0.3, -0.25) is 4.79 Å². The lowest BCUT2D eigenvalue weighted by Crippen LogP contribution is -2.58. The Kier molecular flexibility index (Phi) is 6.19. The fourth-order valence-corrected chi connectivity index (χ4v) is 6.15. The van der Waals surface area contributed by atoms with E-state index in [1.54, 1.807) is 18.4 Å². The van der Waals surface area contributed by atoms with Gasteiger partial charge in [-0.15, -0.1) is 0 Å². The van der Waals surface area contributed by atoms with Gasteiger partial charge in [0.1, 0.15) is 41.6 Å². The topological polar surface area (TPSA) is 70.8 Å². The summed E-state index contributed by atoms with van der Waals surface area (Å²) in [4.78, 5) is 16.2. The highest BCUT2D eigenvalue weighted by Crippen LogP contribution is 2.46. The van der Waals surface area contributed by atoms with Gasteiger partial charge in [0, 0.05) is 59.7 Å². The van der Waals surface area contributed by atoms with Crippen molar-refractivity contribution >= 4 is 40.8 Å². The van der Waals surface area contributed by atoms with Crippen molar-refractivity contribution in [2.24, 2.45) is 7.05 Å². The lowest BCUT2D eigenvalue weighted by atomic mass is 9.48. The molecule has 0 radical (unpaired) electrons. The van der Waals surface area contributed by atoms with E-state index in [-0.39, 0.29) is 18.6 Å². The number of aromatic nitrogens is 3. The number of rotatable bonds is 6. The summed E-state index contributed by atoms with van der Waals surface area (Å²) >= 11 is 1.60. The van der Waals surface area contributed by atoms with Crippen LogP contribution in [0.4, 0.5) is 0 Å². The highest BCUT2D eigenvalue weighted by atomic mass is 32.1. The van der Waals surface area contributed by atoms with Crippen LogP contribution in [0, 0.1) is 0 Å². The van der Waals surface area contributed by atoms with Crippen molar-refractivity contribution in [3.05, 3.63) is 58.7 Å². The number of nitrogens with zero attached hydrogens (tertiary/aromatic N) is 4. The van der Waals surface area contributed by atoms with Crippen LogP contribution >= 0.6 is 11.3 Å². The molecule has 0 N–H and O–H groups in total. The maximum atomic E-state index is 14.3. The van der Waals surface area contributed by atoms with Gasteiger partial charge in [-0.1, -0.05) is 0 Å². The minimum atomic E-state index is -0.393. The zero-order chi connectivity index (χ0) is 26.6. The molecule has 1 fully saturated rings. The first-order valence-corrected chi connectivity index (χ1v) is 13.7. The van der Waals surface area contributed by atoms with E-state index in [4.69, 9.17) is 19.3 Å². The van der Waals surface area contributed by atoms with Gasteiger partial charge in [0.15, 0.2) is 5.69 Å². The molecular formula is C26H29B3N4O4S. The van der Waals surface area contributed by atoms with Crippen LogP contribution in [-0.2, 0) is 18.4 Å². The first-order chi connectivity index (χ1) is 18.3. The SMILES string of the molecule is BC(B)(B)N(C(=O)c1nn(-c2ccsc2)c2c1COc1cc(OC)c(-c3ccn(C)c3)cc1-2)C1CCOC1. The second kappa shape index (κ2) is 9.43. The van der Waals surface area contributed by atoms with Gasteiger partial charge >= 0.3 is 0 Å². The summed E-state index contributed by atoms with van der Waals surface area (Å²) in [5.74, 6) is 1.35. The Morgan fingerprint density at radius 2 is 2.11 bits per heavy atom. The molecule has 8 nitrogen and oxygen atoms in total. The fraction of sp³-hybridized carbons (Fsp3) is 0.308. The Hall–Kier alpha value is -3.37. The van der Waals surface area contributed by atoms with Crippen LogP contribution in [0.1, 0.15) is 22.5 Å². The predicted molar refractivity (Wildman–Crippen MR) is 156 cm³/mol. The Morgan fingerprint density at radius 1 is 1.26 bits per heavy atom. The second-order valence-corrected chi connectivity index (χ2v) is 11.6. The summed E-state index contributed by atoms with van der Waals surface area (Å²) in [5, 5.41) is 8.64. The van der Waals surface area contributed by atoms with Crippen molar-refractivity contribution in [3.63, 3.8) is 0 Å². The molecular weight excluding hydrogens is 497 g/mol. The molecule has 0 spiro atoms. The molecule has 0 aliphatic carbocycles. The molecule has 0 bridgehead atoms. The van der Waals surface area contributed by atoms with Gasteiger partial charge < -0.3 is 23.7 Å². The quantitative estimate of drug-likeness (QED) is 0.354. The number of carbonyl (C=O) groups excluding carboxylic acids is 1. The smallest absolute Gasteiger partial charge is 0.273 e. The number of hydrogen-bond acceptors (Lipinski definition) is 6. The zero-order valence-corrected chi connectivity index (χ0v) is 23.2. The van der Waals surface area contributed by atoms with Crippen molar-refractivity contribution in [1.29, 1.82) is 0 Å². The summed E-state index contributed by atoms with van der Waals surface area (Å²) in [5.41, 5.74) is 5.90. The largest absolute Gasteiger partial charge is 0.496 e. The van der Waals surface area contributed by atoms with Gasteiger partial charge in [-0.05, 0) is 35.2 Å². The third-order valence-electron chi connectivity index (χ3n) is 7.22. The zero-order valence-electron chi connectivity index (χ0n) is 22.4. The molecule has 0 saturated carbocycles. The molecule has 6 rings (SSSR count). The highest BCUT2D eigenvalue weighted by Gasteiger charge is 2.40. The fourth-order valence-electron chi connectivity index (χ4n) is 5.53. The van der Waals surface area contributed by atoms with E-state index in [0.717, 1.165) is 45.8 Å². The van der Waals surface area contributed by atoms with Crippen LogP contribution in [-0.4, -0.2) is 80.3 Å². The molecule has 12 heteroatoms. The van der Waals surface area contributed by atoms with E-state index in [9.17, 15) is 4.79 Å². The number of hydrogen-bond donors (Lipinski definition) is 0. The highest BCUT2D eigenvalue weighted by molar-refractivity contribution is 7.08. The third kappa shape index (κ3) is 4.16. The Balaban J connectivity index is 1.55. The molecule has 1 aromatic carbocycles. The number of amides is 1. The van der Waals surface area contributed by atoms with E-state index in [0.29, 0.717) is 24.7 Å². The van der Waals surface area contributed by atoms with Crippen molar-refractivity contribution in [2.45, 2.75) is 24.3 Å². The monoisotopic (exact) mass is 526 g/mol. The van der Waals surface area contributed by atoms with E-state index < -0.39 is 5.24 Å². The standard InChI is InChI=1S/C26H29B3N4O4S/c1-31-6-3-15(11-31)18-9-19-22(10-21(18)35-2)37-13-20-23(30-33(24(19)20)17-5-8-38-14-17)25(34)32(26(27,28)29)16-4-7-36-12-16/h3,5-6,8-11,14,16H,4,7,12-13,27-29H2,1-2H3. The van der Waals surface area contributed by atoms with Gasteiger partial charge in [-0.25, -0.2) is 4.68 Å². The predicted octanol–water partition coefficient (Wildman–Crippen LogP) is 1.25. The number of methoxy groups -OCH3 is 1. The molecule has 4 aromatic rings. The normalized spacial score (nSPS) is 16.5. The Labute approximate surface area is 228 Å². The maximum absolute atomic E-state index is 14.3. The first-order valence-electron chi connectivity index (χ1n) is 12.8. The molecule has 1 amide bonds. The van der Waals surface area contributed by atoms with Crippen LogP contribution in [0.2, 0.25) is 0 Å². The van der Waals surface area contributed by atoms with Crippen molar-refractivity contribution in [2.75, 3.05) is 20.3 Å². The molecule has 1 saturated heterocycles. The van der Waals surface area contributed by atoms with Gasteiger partial charge in [-0.2, -0.15) is 16.4 Å². The molecule has 3 aromatic heterocycles. The molecule has 1 atom stereocenters. The van der Waals surface area contributed by atoms with Gasteiger partial charge in [0.25, 0.3) is 5.91 Å². The van der Waals surface area contributed by atoms with Crippen molar-refractivity contribution in [1.82, 2.24) is 19.2 Å². The summed E-state index contributed by atoms with van der Waals surface area (Å²) in [6.45, 7) is 1.45. The Bertz CT molecular complexity index is 1500. The lowest BCUT2D eigenvalue weighted by Gasteiger charge is -2.40. The Morgan fingerprint density at radius 3 is 2.74 bits per heavy atom. The minimum absolute atomic E-state index is 0.00943. The van der Waals surface area contributed by atoms with Crippen LogP contribution in [0.5, 0.6) is 11.5 Å². The van der Waals surface area contributed by atoms with E-state index >= 15 is 0 Å². The molecule has 192 valence electrons. The van der Waals surface area contributed by atoms with Gasteiger partial charge in [0.2, 0.25) is 0 Å². The average Bonchev–Trinajstić information content (AvgIpc) is 3.69. The maximum Gasteiger partial charge on any atom is 0.273 e. The summed E-state index contributed by atoms with van der Waals surface area (Å²) in [6, 6.07) is 8.12. The number of benzene rings is 1. The number of fused-ring (bicyclic) bond motifs is 3. The molecule has 1 unspecified atom stereocenters.